The van der Waals surface area contributed by atoms with Gasteiger partial charge < -0.3 is 14.2 Å². The zero-order valence-electron chi connectivity index (χ0n) is 13.5. The van der Waals surface area contributed by atoms with Gasteiger partial charge in [0.15, 0.2) is 6.10 Å². The number of esters is 1. The molecule has 0 N–H and O–H groups in total. The molecule has 0 radical (unpaired) electrons. The summed E-state index contributed by atoms with van der Waals surface area (Å²) in [4.78, 5) is 12.1. The third-order valence-electron chi connectivity index (χ3n) is 3.42. The lowest BCUT2D eigenvalue weighted by Crippen LogP contribution is -2.28. The molecule has 1 atom stereocenters. The van der Waals surface area contributed by atoms with Crippen molar-refractivity contribution in [3.05, 3.63) is 65.7 Å². The fourth-order valence-corrected chi connectivity index (χ4v) is 2.19. The maximum absolute atomic E-state index is 12.1. The molecule has 0 bridgehead atoms. The quantitative estimate of drug-likeness (QED) is 0.701. The van der Waals surface area contributed by atoms with Crippen LogP contribution in [0.2, 0.25) is 0 Å². The zero-order chi connectivity index (χ0) is 16.5. The Bertz CT molecular complexity index is 593. The third kappa shape index (κ3) is 5.42. The second kappa shape index (κ2) is 8.96. The molecule has 0 aliphatic carbocycles. The van der Waals surface area contributed by atoms with Crippen LogP contribution in [0.3, 0.4) is 0 Å². The van der Waals surface area contributed by atoms with Gasteiger partial charge in [0.05, 0.1) is 20.3 Å². The van der Waals surface area contributed by atoms with E-state index in [0.29, 0.717) is 19.6 Å². The molecule has 0 heterocycles. The van der Waals surface area contributed by atoms with Crippen LogP contribution in [0.4, 0.5) is 0 Å². The fraction of sp³-hybridized carbons (Fsp3) is 0.316. The Morgan fingerprint density at radius 1 is 1.00 bits per heavy atom. The molecule has 0 aliphatic heterocycles. The predicted molar refractivity (Wildman–Crippen MR) is 88.4 cm³/mol. The molecule has 23 heavy (non-hydrogen) atoms. The lowest BCUT2D eigenvalue weighted by Gasteiger charge is -2.17. The van der Waals surface area contributed by atoms with Gasteiger partial charge in [0.25, 0.3) is 0 Å². The maximum Gasteiger partial charge on any atom is 0.335 e. The summed E-state index contributed by atoms with van der Waals surface area (Å²) < 4.78 is 16.1. The molecule has 2 aromatic rings. The van der Waals surface area contributed by atoms with Crippen molar-refractivity contribution >= 4 is 5.97 Å². The Kier molecular flexibility index (Phi) is 6.63. The predicted octanol–water partition coefficient (Wildman–Crippen LogP) is 3.39. The molecule has 4 heteroatoms. The number of carbonyl (C=O) groups excluding carboxylic acids is 1. The average Bonchev–Trinajstić information content (AvgIpc) is 2.60. The number of hydrogen-bond donors (Lipinski definition) is 0. The van der Waals surface area contributed by atoms with Crippen molar-refractivity contribution in [1.82, 2.24) is 0 Å². The number of ether oxygens (including phenoxy) is 3. The first-order valence-corrected chi connectivity index (χ1v) is 7.68. The van der Waals surface area contributed by atoms with E-state index in [1.54, 1.807) is 14.0 Å². The Balaban J connectivity index is 2.02. The van der Waals surface area contributed by atoms with Crippen molar-refractivity contribution in [3.63, 3.8) is 0 Å². The van der Waals surface area contributed by atoms with Crippen molar-refractivity contribution in [1.29, 1.82) is 0 Å². The first-order chi connectivity index (χ1) is 11.2. The maximum atomic E-state index is 12.1. The van der Waals surface area contributed by atoms with Gasteiger partial charge in [-0.05, 0) is 30.2 Å². The molecule has 2 aromatic carbocycles. The Morgan fingerprint density at radius 3 is 2.30 bits per heavy atom. The average molecular weight is 314 g/mol. The largest absolute Gasteiger partial charge is 0.497 e. The highest BCUT2D eigenvalue weighted by Crippen LogP contribution is 2.15. The number of hydrogen-bond acceptors (Lipinski definition) is 4. The van der Waals surface area contributed by atoms with Gasteiger partial charge in [-0.1, -0.05) is 42.5 Å². The van der Waals surface area contributed by atoms with Gasteiger partial charge in [0.1, 0.15) is 5.75 Å². The molecule has 0 spiro atoms. The molecular weight excluding hydrogens is 292 g/mol. The molecular formula is C19H22O4. The van der Waals surface area contributed by atoms with Gasteiger partial charge in [-0.15, -0.1) is 0 Å². The van der Waals surface area contributed by atoms with Crippen LogP contribution < -0.4 is 4.74 Å². The van der Waals surface area contributed by atoms with Crippen LogP contribution in [-0.2, 0) is 27.3 Å². The smallest absolute Gasteiger partial charge is 0.335 e. The summed E-state index contributed by atoms with van der Waals surface area (Å²) in [6, 6.07) is 17.4. The van der Waals surface area contributed by atoms with E-state index in [0.717, 1.165) is 16.9 Å². The lowest BCUT2D eigenvalue weighted by molar-refractivity contribution is -0.157. The van der Waals surface area contributed by atoms with Gasteiger partial charge in [-0.2, -0.15) is 0 Å². The molecule has 0 aliphatic rings. The van der Waals surface area contributed by atoms with E-state index in [1.807, 2.05) is 54.6 Å². The minimum Gasteiger partial charge on any atom is -0.497 e. The molecule has 0 fully saturated rings. The van der Waals surface area contributed by atoms with Crippen LogP contribution in [0.5, 0.6) is 5.75 Å². The van der Waals surface area contributed by atoms with Crippen LogP contribution in [-0.4, -0.2) is 25.8 Å². The first kappa shape index (κ1) is 17.0. The van der Waals surface area contributed by atoms with Gasteiger partial charge in [-0.25, -0.2) is 4.79 Å². The summed E-state index contributed by atoms with van der Waals surface area (Å²) in [6.45, 7) is 2.51. The van der Waals surface area contributed by atoms with E-state index in [1.165, 1.54) is 0 Å². The summed E-state index contributed by atoms with van der Waals surface area (Å²) in [5.74, 6) is 0.450. The Morgan fingerprint density at radius 2 is 1.70 bits per heavy atom. The Labute approximate surface area is 137 Å². The third-order valence-corrected chi connectivity index (χ3v) is 3.42. The first-order valence-electron chi connectivity index (χ1n) is 7.68. The minimum atomic E-state index is -0.622. The molecule has 0 saturated heterocycles. The SMILES string of the molecule is CCOC(=O)C(Cc1ccc(OC)cc1)OCc1ccccc1. The van der Waals surface area contributed by atoms with E-state index in [-0.39, 0.29) is 5.97 Å². The molecule has 4 nitrogen and oxygen atoms in total. The number of rotatable bonds is 8. The van der Waals surface area contributed by atoms with Crippen LogP contribution in [0, 0.1) is 0 Å². The second-order valence-electron chi connectivity index (χ2n) is 5.09. The van der Waals surface area contributed by atoms with E-state index < -0.39 is 6.10 Å². The lowest BCUT2D eigenvalue weighted by atomic mass is 10.1. The van der Waals surface area contributed by atoms with Crippen molar-refractivity contribution in [3.8, 4) is 5.75 Å². The summed E-state index contributed by atoms with van der Waals surface area (Å²) in [7, 11) is 1.62. The standard InChI is InChI=1S/C19H22O4/c1-3-22-19(20)18(23-14-16-7-5-4-6-8-16)13-15-9-11-17(21-2)12-10-15/h4-12,18H,3,13-14H2,1-2H3. The molecule has 0 aromatic heterocycles. The fourth-order valence-electron chi connectivity index (χ4n) is 2.19. The van der Waals surface area contributed by atoms with Crippen molar-refractivity contribution in [2.24, 2.45) is 0 Å². The highest BCUT2D eigenvalue weighted by molar-refractivity contribution is 5.75. The van der Waals surface area contributed by atoms with E-state index >= 15 is 0 Å². The van der Waals surface area contributed by atoms with E-state index in [2.05, 4.69) is 0 Å². The molecule has 122 valence electrons. The molecule has 2 rings (SSSR count). The summed E-state index contributed by atoms with van der Waals surface area (Å²) in [5, 5.41) is 0. The monoisotopic (exact) mass is 314 g/mol. The van der Waals surface area contributed by atoms with Crippen molar-refractivity contribution in [2.75, 3.05) is 13.7 Å². The number of methoxy groups -OCH3 is 1. The minimum absolute atomic E-state index is 0.334. The molecule has 0 amide bonds. The normalized spacial score (nSPS) is 11.7. The zero-order valence-corrected chi connectivity index (χ0v) is 13.5. The summed E-state index contributed by atoms with van der Waals surface area (Å²) >= 11 is 0. The number of benzene rings is 2. The van der Waals surface area contributed by atoms with Crippen LogP contribution >= 0.6 is 0 Å². The summed E-state index contributed by atoms with van der Waals surface area (Å²) in [5.41, 5.74) is 2.02. The van der Waals surface area contributed by atoms with Crippen molar-refractivity contribution < 1.29 is 19.0 Å². The van der Waals surface area contributed by atoms with Crippen molar-refractivity contribution in [2.45, 2.75) is 26.1 Å². The van der Waals surface area contributed by atoms with Gasteiger partial charge >= 0.3 is 5.97 Å². The summed E-state index contributed by atoms with van der Waals surface area (Å²) in [6.07, 6.45) is -0.154. The second-order valence-corrected chi connectivity index (χ2v) is 5.09. The highest BCUT2D eigenvalue weighted by Gasteiger charge is 2.21. The number of carbonyl (C=O) groups is 1. The van der Waals surface area contributed by atoms with E-state index in [4.69, 9.17) is 14.2 Å². The van der Waals surface area contributed by atoms with Crippen LogP contribution in [0.25, 0.3) is 0 Å². The molecule has 1 unspecified atom stereocenters. The Hall–Kier alpha value is -2.33. The van der Waals surface area contributed by atoms with Gasteiger partial charge in [-0.3, -0.25) is 0 Å². The van der Waals surface area contributed by atoms with E-state index in [9.17, 15) is 4.79 Å². The van der Waals surface area contributed by atoms with Gasteiger partial charge in [0.2, 0.25) is 0 Å². The van der Waals surface area contributed by atoms with Gasteiger partial charge in [0, 0.05) is 6.42 Å². The van der Waals surface area contributed by atoms with Crippen LogP contribution in [0.15, 0.2) is 54.6 Å². The molecule has 0 saturated carbocycles. The highest BCUT2D eigenvalue weighted by atomic mass is 16.6. The van der Waals surface area contributed by atoms with Crippen LogP contribution in [0.1, 0.15) is 18.1 Å². The topological polar surface area (TPSA) is 44.8 Å².